The molecule has 0 aliphatic carbocycles. The number of piperazine rings is 1. The summed E-state index contributed by atoms with van der Waals surface area (Å²) in [6, 6.07) is 19.0. The van der Waals surface area contributed by atoms with Gasteiger partial charge >= 0.3 is 0 Å². The Bertz CT molecular complexity index is 1040. The summed E-state index contributed by atoms with van der Waals surface area (Å²) in [5.74, 6) is 0.610. The molecule has 2 heterocycles. The van der Waals surface area contributed by atoms with Gasteiger partial charge in [0, 0.05) is 38.2 Å². The smallest absolute Gasteiger partial charge is 0.264 e. The number of anilines is 1. The van der Waals surface area contributed by atoms with Crippen molar-refractivity contribution in [3.8, 4) is 5.75 Å². The molecular weight excluding hydrogens is 355 g/mol. The largest absolute Gasteiger partial charge is 0.480 e. The fourth-order valence-corrected chi connectivity index (χ4v) is 4.23. The summed E-state index contributed by atoms with van der Waals surface area (Å²) < 4.78 is 20.0. The molecule has 1 atom stereocenters. The van der Waals surface area contributed by atoms with Crippen molar-refractivity contribution in [1.82, 2.24) is 4.90 Å². The van der Waals surface area contributed by atoms with Gasteiger partial charge in [0.05, 0.1) is 5.69 Å². The Hall–Kier alpha value is -3.08. The van der Waals surface area contributed by atoms with Crippen LogP contribution in [0.3, 0.4) is 0 Å². The van der Waals surface area contributed by atoms with Crippen LogP contribution in [-0.2, 0) is 11.2 Å². The standard InChI is InChI=1S/C23H21FN2O2/c24-19-7-3-4-8-20(19)25-11-13-26(14-12-25)23(27)22-15-18-17-6-2-1-5-16(17)9-10-21(18)28-22/h1-10,22H,11-15H2/t22-/m0/s1. The molecule has 0 N–H and O–H groups in total. The van der Waals surface area contributed by atoms with Crippen molar-refractivity contribution >= 4 is 22.4 Å². The number of halogens is 1. The van der Waals surface area contributed by atoms with Gasteiger partial charge < -0.3 is 14.5 Å². The number of ether oxygens (including phenoxy) is 1. The van der Waals surface area contributed by atoms with E-state index in [1.807, 2.05) is 40.1 Å². The molecule has 1 fully saturated rings. The number of fused-ring (bicyclic) bond motifs is 3. The molecule has 0 saturated carbocycles. The second-order valence-corrected chi connectivity index (χ2v) is 7.34. The maximum absolute atomic E-state index is 14.0. The van der Waals surface area contributed by atoms with Crippen LogP contribution in [0.15, 0.2) is 60.7 Å². The minimum Gasteiger partial charge on any atom is -0.480 e. The van der Waals surface area contributed by atoms with Crippen molar-refractivity contribution in [1.29, 1.82) is 0 Å². The molecule has 0 radical (unpaired) electrons. The van der Waals surface area contributed by atoms with E-state index < -0.39 is 6.10 Å². The second kappa shape index (κ2) is 6.82. The molecule has 0 spiro atoms. The molecule has 0 bridgehead atoms. The van der Waals surface area contributed by atoms with Crippen LogP contribution < -0.4 is 9.64 Å². The fraction of sp³-hybridized carbons (Fsp3) is 0.261. The highest BCUT2D eigenvalue weighted by Crippen LogP contribution is 2.35. The van der Waals surface area contributed by atoms with E-state index in [9.17, 15) is 9.18 Å². The van der Waals surface area contributed by atoms with Crippen molar-refractivity contribution in [3.63, 3.8) is 0 Å². The molecule has 1 amide bonds. The van der Waals surface area contributed by atoms with Crippen LogP contribution in [0.4, 0.5) is 10.1 Å². The van der Waals surface area contributed by atoms with Gasteiger partial charge in [-0.25, -0.2) is 4.39 Å². The summed E-state index contributed by atoms with van der Waals surface area (Å²) in [5.41, 5.74) is 1.71. The maximum atomic E-state index is 14.0. The first-order chi connectivity index (χ1) is 13.7. The van der Waals surface area contributed by atoms with Crippen LogP contribution >= 0.6 is 0 Å². The monoisotopic (exact) mass is 376 g/mol. The number of carbonyl (C=O) groups is 1. The molecular formula is C23H21FN2O2. The minimum atomic E-state index is -0.471. The molecule has 142 valence electrons. The van der Waals surface area contributed by atoms with Gasteiger partial charge in [-0.15, -0.1) is 0 Å². The average molecular weight is 376 g/mol. The van der Waals surface area contributed by atoms with Gasteiger partial charge in [-0.3, -0.25) is 4.79 Å². The van der Waals surface area contributed by atoms with Crippen LogP contribution in [0.1, 0.15) is 5.56 Å². The van der Waals surface area contributed by atoms with E-state index in [2.05, 4.69) is 12.1 Å². The van der Waals surface area contributed by atoms with Gasteiger partial charge in [0.15, 0.2) is 6.10 Å². The first-order valence-corrected chi connectivity index (χ1v) is 9.66. The number of hydrogen-bond donors (Lipinski definition) is 0. The number of carbonyl (C=O) groups excluding carboxylic acids is 1. The van der Waals surface area contributed by atoms with Gasteiger partial charge in [0.25, 0.3) is 5.91 Å². The van der Waals surface area contributed by atoms with Gasteiger partial charge in [-0.2, -0.15) is 0 Å². The maximum Gasteiger partial charge on any atom is 0.264 e. The molecule has 3 aromatic rings. The number of rotatable bonds is 2. The van der Waals surface area contributed by atoms with E-state index >= 15 is 0 Å². The zero-order valence-corrected chi connectivity index (χ0v) is 15.5. The molecule has 0 aromatic heterocycles. The zero-order valence-electron chi connectivity index (χ0n) is 15.5. The van der Waals surface area contributed by atoms with E-state index in [-0.39, 0.29) is 11.7 Å². The first kappa shape index (κ1) is 17.0. The van der Waals surface area contributed by atoms with Crippen molar-refractivity contribution in [2.24, 2.45) is 0 Å². The topological polar surface area (TPSA) is 32.8 Å². The molecule has 5 heteroatoms. The van der Waals surface area contributed by atoms with E-state index in [1.54, 1.807) is 12.1 Å². The van der Waals surface area contributed by atoms with Crippen molar-refractivity contribution in [2.45, 2.75) is 12.5 Å². The highest BCUT2D eigenvalue weighted by molar-refractivity contribution is 5.91. The number of amides is 1. The summed E-state index contributed by atoms with van der Waals surface area (Å²) >= 11 is 0. The third-order valence-electron chi connectivity index (χ3n) is 5.72. The van der Waals surface area contributed by atoms with Crippen LogP contribution in [0.25, 0.3) is 10.8 Å². The average Bonchev–Trinajstić information content (AvgIpc) is 3.19. The Morgan fingerprint density at radius 1 is 0.929 bits per heavy atom. The summed E-state index contributed by atoms with van der Waals surface area (Å²) in [6.45, 7) is 2.39. The Morgan fingerprint density at radius 3 is 2.50 bits per heavy atom. The lowest BCUT2D eigenvalue weighted by Gasteiger charge is -2.37. The zero-order chi connectivity index (χ0) is 19.1. The highest BCUT2D eigenvalue weighted by Gasteiger charge is 2.34. The predicted octanol–water partition coefficient (Wildman–Crippen LogP) is 3.63. The third kappa shape index (κ3) is 2.87. The van der Waals surface area contributed by atoms with Gasteiger partial charge in [-0.05, 0) is 29.0 Å². The Labute approximate surface area is 163 Å². The molecule has 28 heavy (non-hydrogen) atoms. The number of benzene rings is 3. The van der Waals surface area contributed by atoms with Gasteiger partial charge in [0.2, 0.25) is 0 Å². The van der Waals surface area contributed by atoms with Crippen LogP contribution in [0, 0.1) is 5.82 Å². The summed E-state index contributed by atoms with van der Waals surface area (Å²) in [4.78, 5) is 16.9. The van der Waals surface area contributed by atoms with Crippen LogP contribution in [0.2, 0.25) is 0 Å². The lowest BCUT2D eigenvalue weighted by Crippen LogP contribution is -2.52. The highest BCUT2D eigenvalue weighted by atomic mass is 19.1. The summed E-state index contributed by atoms with van der Waals surface area (Å²) in [6.07, 6.45) is 0.129. The van der Waals surface area contributed by atoms with Crippen LogP contribution in [0.5, 0.6) is 5.75 Å². The molecule has 0 unspecified atom stereocenters. The van der Waals surface area contributed by atoms with Crippen molar-refractivity contribution in [3.05, 3.63) is 72.0 Å². The van der Waals surface area contributed by atoms with Gasteiger partial charge in [-0.1, -0.05) is 42.5 Å². The molecule has 3 aromatic carbocycles. The molecule has 5 rings (SSSR count). The summed E-state index contributed by atoms with van der Waals surface area (Å²) in [7, 11) is 0. The van der Waals surface area contributed by atoms with Crippen molar-refractivity contribution < 1.29 is 13.9 Å². The third-order valence-corrected chi connectivity index (χ3v) is 5.72. The molecule has 4 nitrogen and oxygen atoms in total. The predicted molar refractivity (Wildman–Crippen MR) is 107 cm³/mol. The van der Waals surface area contributed by atoms with E-state index in [0.717, 1.165) is 22.1 Å². The van der Waals surface area contributed by atoms with Gasteiger partial charge in [0.1, 0.15) is 11.6 Å². The van der Waals surface area contributed by atoms with E-state index in [4.69, 9.17) is 4.74 Å². The Balaban J connectivity index is 1.28. The number of para-hydroxylation sites is 1. The lowest BCUT2D eigenvalue weighted by atomic mass is 10.0. The SMILES string of the molecule is O=C([C@@H]1Cc2c(ccc3ccccc23)O1)N1CCN(c2ccccc2F)CC1. The number of nitrogens with zero attached hydrogens (tertiary/aromatic N) is 2. The Morgan fingerprint density at radius 2 is 1.68 bits per heavy atom. The quantitative estimate of drug-likeness (QED) is 0.685. The lowest BCUT2D eigenvalue weighted by molar-refractivity contribution is -0.138. The summed E-state index contributed by atoms with van der Waals surface area (Å²) in [5, 5.41) is 2.32. The van der Waals surface area contributed by atoms with Crippen LogP contribution in [-0.4, -0.2) is 43.1 Å². The minimum absolute atomic E-state index is 0.0217. The van der Waals surface area contributed by atoms with E-state index in [0.29, 0.717) is 38.3 Å². The normalized spacial score (nSPS) is 18.8. The fourth-order valence-electron chi connectivity index (χ4n) is 4.23. The van der Waals surface area contributed by atoms with Crippen molar-refractivity contribution in [2.75, 3.05) is 31.1 Å². The second-order valence-electron chi connectivity index (χ2n) is 7.34. The van der Waals surface area contributed by atoms with E-state index in [1.165, 1.54) is 6.07 Å². The molecule has 1 saturated heterocycles. The Kier molecular flexibility index (Phi) is 4.15. The molecule has 2 aliphatic rings. The number of hydrogen-bond acceptors (Lipinski definition) is 3. The first-order valence-electron chi connectivity index (χ1n) is 9.66. The molecule has 2 aliphatic heterocycles.